The Labute approximate surface area is 109 Å². The summed E-state index contributed by atoms with van der Waals surface area (Å²) < 4.78 is 11.3. The van der Waals surface area contributed by atoms with Crippen LogP contribution in [-0.4, -0.2) is 23.9 Å². The average Bonchev–Trinajstić information content (AvgIpc) is 2.40. The van der Waals surface area contributed by atoms with E-state index in [1.54, 1.807) is 29.2 Å². The number of carbonyl (C=O) groups is 1. The Bertz CT molecular complexity index is 421. The van der Waals surface area contributed by atoms with Gasteiger partial charge in [-0.2, -0.15) is 0 Å². The van der Waals surface area contributed by atoms with Crippen molar-refractivity contribution in [3.8, 4) is 0 Å². The molecule has 3 nitrogen and oxygen atoms in total. The van der Waals surface area contributed by atoms with Crippen LogP contribution in [0.3, 0.4) is 0 Å². The monoisotopic (exact) mass is 261 g/mol. The van der Waals surface area contributed by atoms with E-state index in [9.17, 15) is 9.36 Å². The Morgan fingerprint density at radius 2 is 1.78 bits per heavy atom. The van der Waals surface area contributed by atoms with Gasteiger partial charge in [-0.15, -0.1) is 13.2 Å². The summed E-state index contributed by atoms with van der Waals surface area (Å²) in [6.45, 7) is 8.07. The minimum Gasteiger partial charge on any atom is -0.334 e. The Hall–Kier alpha value is -1.73. The van der Waals surface area contributed by atoms with E-state index >= 15 is 0 Å². The zero-order chi connectivity index (χ0) is 13.4. The smallest absolute Gasteiger partial charge is 0.242 e. The van der Waals surface area contributed by atoms with Crippen molar-refractivity contribution in [2.45, 2.75) is 5.66 Å². The maximum absolute atomic E-state index is 12.3. The van der Waals surface area contributed by atoms with E-state index in [4.69, 9.17) is 0 Å². The molecule has 0 bridgehead atoms. The van der Waals surface area contributed by atoms with Crippen LogP contribution in [0.2, 0.25) is 0 Å². The highest BCUT2D eigenvalue weighted by Crippen LogP contribution is 2.28. The van der Waals surface area contributed by atoms with Crippen LogP contribution in [0.15, 0.2) is 55.6 Å². The fourth-order valence-corrected chi connectivity index (χ4v) is 2.17. The Morgan fingerprint density at radius 1 is 1.22 bits per heavy atom. The lowest BCUT2D eigenvalue weighted by molar-refractivity contribution is -0.129. The third kappa shape index (κ3) is 3.64. The standard InChI is InChI=1S/C14H16NO2P/c1-3-10-15(11-4-2)14(16)13(18-17)12-8-6-5-7-9-12/h3-9,13H,1-2,10-11H2. The zero-order valence-corrected chi connectivity index (χ0v) is 11.1. The van der Waals surface area contributed by atoms with Crippen LogP contribution in [0.4, 0.5) is 0 Å². The summed E-state index contributed by atoms with van der Waals surface area (Å²) in [5.41, 5.74) is 0.0865. The number of rotatable bonds is 7. The minimum absolute atomic E-state index is 0.183. The highest BCUT2D eigenvalue weighted by Gasteiger charge is 2.25. The van der Waals surface area contributed by atoms with E-state index < -0.39 is 5.66 Å². The van der Waals surface area contributed by atoms with Crippen LogP contribution in [0.1, 0.15) is 11.2 Å². The van der Waals surface area contributed by atoms with Crippen molar-refractivity contribution in [1.29, 1.82) is 0 Å². The number of hydrogen-bond donors (Lipinski definition) is 0. The van der Waals surface area contributed by atoms with Gasteiger partial charge in [0.25, 0.3) is 0 Å². The third-order valence-electron chi connectivity index (χ3n) is 2.47. The molecule has 0 N–H and O–H groups in total. The van der Waals surface area contributed by atoms with Crippen molar-refractivity contribution in [3.63, 3.8) is 0 Å². The number of carbonyl (C=O) groups excluding carboxylic acids is 1. The molecule has 4 heteroatoms. The van der Waals surface area contributed by atoms with Crippen LogP contribution in [-0.2, 0) is 9.36 Å². The molecule has 1 amide bonds. The van der Waals surface area contributed by atoms with Gasteiger partial charge in [0.05, 0.1) is 0 Å². The van der Waals surface area contributed by atoms with Crippen molar-refractivity contribution in [2.75, 3.05) is 13.1 Å². The van der Waals surface area contributed by atoms with E-state index in [1.165, 1.54) is 0 Å². The van der Waals surface area contributed by atoms with Crippen molar-refractivity contribution in [1.82, 2.24) is 4.90 Å². The molecule has 0 aliphatic rings. The van der Waals surface area contributed by atoms with Gasteiger partial charge >= 0.3 is 0 Å². The molecule has 1 aromatic rings. The molecular formula is C14H16NO2P. The second-order valence-corrected chi connectivity index (χ2v) is 4.47. The first-order valence-electron chi connectivity index (χ1n) is 5.62. The first kappa shape index (κ1) is 14.3. The molecule has 1 rings (SSSR count). The van der Waals surface area contributed by atoms with Crippen molar-refractivity contribution in [3.05, 3.63) is 61.2 Å². The first-order valence-corrected chi connectivity index (χ1v) is 6.50. The molecule has 1 atom stereocenters. The largest absolute Gasteiger partial charge is 0.334 e. The molecule has 0 aromatic heterocycles. The SMILES string of the molecule is C=CCN(CC=C)C(=O)C(P=O)c1ccccc1. The van der Waals surface area contributed by atoms with Crippen molar-refractivity contribution < 1.29 is 9.36 Å². The van der Waals surface area contributed by atoms with Gasteiger partial charge in [0, 0.05) is 13.1 Å². The lowest BCUT2D eigenvalue weighted by atomic mass is 10.1. The van der Waals surface area contributed by atoms with Gasteiger partial charge in [-0.3, -0.25) is 9.36 Å². The van der Waals surface area contributed by atoms with Gasteiger partial charge in [0.15, 0.2) is 8.46 Å². The molecule has 1 aromatic carbocycles. The molecule has 0 aliphatic heterocycles. The summed E-state index contributed by atoms with van der Waals surface area (Å²) >= 11 is 0. The summed E-state index contributed by atoms with van der Waals surface area (Å²) in [7, 11) is -0.200. The van der Waals surface area contributed by atoms with Gasteiger partial charge in [-0.25, -0.2) is 0 Å². The highest BCUT2D eigenvalue weighted by atomic mass is 31.1. The average molecular weight is 261 g/mol. The van der Waals surface area contributed by atoms with Gasteiger partial charge in [-0.05, 0) is 5.56 Å². The quantitative estimate of drug-likeness (QED) is 0.558. The number of nitrogens with zero attached hydrogens (tertiary/aromatic N) is 1. The van der Waals surface area contributed by atoms with E-state index in [2.05, 4.69) is 13.2 Å². The second kappa shape index (κ2) is 7.57. The fourth-order valence-electron chi connectivity index (χ4n) is 1.62. The zero-order valence-electron chi connectivity index (χ0n) is 10.2. The van der Waals surface area contributed by atoms with E-state index in [1.807, 2.05) is 18.2 Å². The van der Waals surface area contributed by atoms with E-state index in [0.717, 1.165) is 5.56 Å². The topological polar surface area (TPSA) is 37.4 Å². The lowest BCUT2D eigenvalue weighted by Crippen LogP contribution is -2.33. The number of benzene rings is 1. The first-order chi connectivity index (χ1) is 8.74. The lowest BCUT2D eigenvalue weighted by Gasteiger charge is -2.22. The third-order valence-corrected chi connectivity index (χ3v) is 3.20. The molecule has 18 heavy (non-hydrogen) atoms. The molecule has 0 saturated heterocycles. The molecule has 0 fully saturated rings. The van der Waals surface area contributed by atoms with Crippen LogP contribution in [0, 0.1) is 0 Å². The Morgan fingerprint density at radius 3 is 2.22 bits per heavy atom. The molecule has 0 radical (unpaired) electrons. The molecule has 94 valence electrons. The van der Waals surface area contributed by atoms with Crippen LogP contribution < -0.4 is 0 Å². The summed E-state index contributed by atoms with van der Waals surface area (Å²) in [5, 5.41) is 0. The van der Waals surface area contributed by atoms with Gasteiger partial charge in [0.1, 0.15) is 5.66 Å². The summed E-state index contributed by atoms with van der Waals surface area (Å²) in [4.78, 5) is 13.9. The maximum Gasteiger partial charge on any atom is 0.242 e. The van der Waals surface area contributed by atoms with Crippen molar-refractivity contribution in [2.24, 2.45) is 0 Å². The summed E-state index contributed by atoms with van der Waals surface area (Å²) in [6, 6.07) is 9.11. The molecule has 1 unspecified atom stereocenters. The van der Waals surface area contributed by atoms with Gasteiger partial charge < -0.3 is 4.90 Å². The number of hydrogen-bond acceptors (Lipinski definition) is 2. The predicted molar refractivity (Wildman–Crippen MR) is 73.8 cm³/mol. The predicted octanol–water partition coefficient (Wildman–Crippen LogP) is 3.22. The fraction of sp³-hybridized carbons (Fsp3) is 0.214. The second-order valence-electron chi connectivity index (χ2n) is 3.74. The Balaban J connectivity index is 2.93. The molecule has 0 aliphatic carbocycles. The molecule has 0 heterocycles. The van der Waals surface area contributed by atoms with E-state index in [-0.39, 0.29) is 14.4 Å². The van der Waals surface area contributed by atoms with Crippen LogP contribution in [0.5, 0.6) is 0 Å². The molecular weight excluding hydrogens is 245 g/mol. The van der Waals surface area contributed by atoms with E-state index in [0.29, 0.717) is 13.1 Å². The van der Waals surface area contributed by atoms with Crippen LogP contribution >= 0.6 is 8.46 Å². The van der Waals surface area contributed by atoms with Crippen molar-refractivity contribution >= 4 is 14.4 Å². The molecule has 0 saturated carbocycles. The minimum atomic E-state index is -0.661. The van der Waals surface area contributed by atoms with Gasteiger partial charge in [0.2, 0.25) is 5.91 Å². The Kier molecular flexibility index (Phi) is 6.03. The number of amides is 1. The normalized spacial score (nSPS) is 11.8. The van der Waals surface area contributed by atoms with Crippen LogP contribution in [0.25, 0.3) is 0 Å². The van der Waals surface area contributed by atoms with Gasteiger partial charge in [-0.1, -0.05) is 42.5 Å². The maximum atomic E-state index is 12.3. The summed E-state index contributed by atoms with van der Waals surface area (Å²) in [5.74, 6) is -0.183. The summed E-state index contributed by atoms with van der Waals surface area (Å²) in [6.07, 6.45) is 3.29. The molecule has 0 spiro atoms. The highest BCUT2D eigenvalue weighted by molar-refractivity contribution is 7.26.